The first-order chi connectivity index (χ1) is 9.54. The highest BCUT2D eigenvalue weighted by Gasteiger charge is 2.40. The maximum Gasteiger partial charge on any atom is 0.312 e. The lowest BCUT2D eigenvalue weighted by Gasteiger charge is -2.37. The highest BCUT2D eigenvalue weighted by molar-refractivity contribution is 5.82. The second kappa shape index (κ2) is 5.78. The number of likely N-dealkylation sites (tertiary alicyclic amines) is 1. The molecule has 6 nitrogen and oxygen atoms in total. The van der Waals surface area contributed by atoms with Crippen LogP contribution in [0.25, 0.3) is 0 Å². The van der Waals surface area contributed by atoms with Crippen molar-refractivity contribution in [2.75, 3.05) is 13.7 Å². The van der Waals surface area contributed by atoms with E-state index in [1.807, 2.05) is 0 Å². The van der Waals surface area contributed by atoms with Gasteiger partial charge in [-0.05, 0) is 6.42 Å². The SMILES string of the molecule is C#CCOC(=O)[C@@H]1CCC(=O)N(C)[C@@H]1c1cnn(C)c1. The van der Waals surface area contributed by atoms with Crippen LogP contribution >= 0.6 is 0 Å². The van der Waals surface area contributed by atoms with E-state index in [1.54, 1.807) is 36.1 Å². The maximum absolute atomic E-state index is 12.1. The Hall–Kier alpha value is -2.29. The first-order valence-corrected chi connectivity index (χ1v) is 6.39. The van der Waals surface area contributed by atoms with Crippen LogP contribution < -0.4 is 0 Å². The van der Waals surface area contributed by atoms with Crippen LogP contribution in [0.1, 0.15) is 24.4 Å². The van der Waals surface area contributed by atoms with Gasteiger partial charge in [-0.25, -0.2) is 0 Å². The molecule has 1 aliphatic rings. The van der Waals surface area contributed by atoms with E-state index in [2.05, 4.69) is 11.0 Å². The summed E-state index contributed by atoms with van der Waals surface area (Å²) < 4.78 is 6.68. The molecule has 2 heterocycles. The minimum Gasteiger partial charge on any atom is -0.452 e. The predicted octanol–water partition coefficient (Wildman–Crippen LogP) is 0.506. The summed E-state index contributed by atoms with van der Waals surface area (Å²) in [5.41, 5.74) is 0.825. The predicted molar refractivity (Wildman–Crippen MR) is 71.2 cm³/mol. The molecule has 0 N–H and O–H groups in total. The summed E-state index contributed by atoms with van der Waals surface area (Å²) >= 11 is 0. The van der Waals surface area contributed by atoms with Crippen molar-refractivity contribution in [2.45, 2.75) is 18.9 Å². The Kier molecular flexibility index (Phi) is 4.08. The third-order valence-electron chi connectivity index (χ3n) is 3.53. The Labute approximate surface area is 117 Å². The average molecular weight is 275 g/mol. The van der Waals surface area contributed by atoms with Crippen LogP contribution in [0, 0.1) is 18.3 Å². The molecule has 1 fully saturated rings. The molecule has 2 atom stereocenters. The zero-order valence-corrected chi connectivity index (χ0v) is 11.6. The number of esters is 1. The smallest absolute Gasteiger partial charge is 0.312 e. The standard InChI is InChI=1S/C14H17N3O3/c1-4-7-20-14(19)11-5-6-12(18)17(3)13(11)10-8-15-16(2)9-10/h1,8-9,11,13H,5-7H2,2-3H3/t11-,13-/m1/s1. The molecule has 20 heavy (non-hydrogen) atoms. The second-order valence-corrected chi connectivity index (χ2v) is 4.85. The summed E-state index contributed by atoms with van der Waals surface area (Å²) in [5, 5.41) is 4.10. The maximum atomic E-state index is 12.1. The van der Waals surface area contributed by atoms with Gasteiger partial charge in [-0.15, -0.1) is 6.42 Å². The molecule has 0 aliphatic carbocycles. The number of carbonyl (C=O) groups is 2. The lowest BCUT2D eigenvalue weighted by atomic mass is 9.86. The van der Waals surface area contributed by atoms with Gasteiger partial charge >= 0.3 is 5.97 Å². The van der Waals surface area contributed by atoms with Crippen molar-refractivity contribution in [3.8, 4) is 12.3 Å². The van der Waals surface area contributed by atoms with Gasteiger partial charge in [0.1, 0.15) is 0 Å². The second-order valence-electron chi connectivity index (χ2n) is 4.85. The van der Waals surface area contributed by atoms with Crippen molar-refractivity contribution in [1.82, 2.24) is 14.7 Å². The Morgan fingerprint density at radius 1 is 1.60 bits per heavy atom. The van der Waals surface area contributed by atoms with Crippen LogP contribution in [0.4, 0.5) is 0 Å². The van der Waals surface area contributed by atoms with Gasteiger partial charge in [0.25, 0.3) is 0 Å². The summed E-state index contributed by atoms with van der Waals surface area (Å²) in [6.07, 6.45) is 9.38. The largest absolute Gasteiger partial charge is 0.452 e. The van der Waals surface area contributed by atoms with E-state index in [0.29, 0.717) is 12.8 Å². The molecular weight excluding hydrogens is 258 g/mol. The van der Waals surface area contributed by atoms with E-state index in [0.717, 1.165) is 5.56 Å². The Morgan fingerprint density at radius 3 is 2.95 bits per heavy atom. The number of aryl methyl sites for hydroxylation is 1. The lowest BCUT2D eigenvalue weighted by molar-refractivity contribution is -0.155. The minimum absolute atomic E-state index is 0.0138. The normalized spacial score (nSPS) is 22.4. The van der Waals surface area contributed by atoms with Gasteiger partial charge < -0.3 is 9.64 Å². The number of rotatable bonds is 3. The van der Waals surface area contributed by atoms with Gasteiger partial charge in [0.2, 0.25) is 5.91 Å². The fourth-order valence-corrected chi connectivity index (χ4v) is 2.55. The molecule has 0 saturated carbocycles. The molecule has 1 saturated heterocycles. The zero-order valence-electron chi connectivity index (χ0n) is 11.6. The van der Waals surface area contributed by atoms with Crippen LogP contribution in [-0.4, -0.2) is 40.2 Å². The summed E-state index contributed by atoms with van der Waals surface area (Å²) in [7, 11) is 3.49. The number of aromatic nitrogens is 2. The number of terminal acetylenes is 1. The first kappa shape index (κ1) is 14.1. The van der Waals surface area contributed by atoms with Gasteiger partial charge in [-0.3, -0.25) is 14.3 Å². The van der Waals surface area contributed by atoms with Crippen molar-refractivity contribution in [3.05, 3.63) is 18.0 Å². The van der Waals surface area contributed by atoms with E-state index in [9.17, 15) is 9.59 Å². The fourth-order valence-electron chi connectivity index (χ4n) is 2.55. The molecule has 0 radical (unpaired) electrons. The molecule has 6 heteroatoms. The third kappa shape index (κ3) is 2.67. The molecular formula is C14H17N3O3. The summed E-state index contributed by atoms with van der Waals surface area (Å²) in [5.74, 6) is 1.52. The van der Waals surface area contributed by atoms with E-state index in [1.165, 1.54) is 0 Å². The van der Waals surface area contributed by atoms with E-state index in [-0.39, 0.29) is 24.5 Å². The highest BCUT2D eigenvalue weighted by atomic mass is 16.5. The van der Waals surface area contributed by atoms with E-state index < -0.39 is 5.92 Å². The van der Waals surface area contributed by atoms with Crippen LogP contribution in [-0.2, 0) is 21.4 Å². The molecule has 1 aromatic heterocycles. The van der Waals surface area contributed by atoms with Gasteiger partial charge in [-0.1, -0.05) is 5.92 Å². The number of hydrogen-bond acceptors (Lipinski definition) is 4. The number of nitrogens with zero attached hydrogens (tertiary/aromatic N) is 3. The summed E-state index contributed by atoms with van der Waals surface area (Å²) in [6.45, 7) is -0.0489. The molecule has 0 aromatic carbocycles. The molecule has 0 bridgehead atoms. The summed E-state index contributed by atoms with van der Waals surface area (Å²) in [4.78, 5) is 25.6. The van der Waals surface area contributed by atoms with Gasteiger partial charge in [0, 0.05) is 32.3 Å². The monoisotopic (exact) mass is 275 g/mol. The van der Waals surface area contributed by atoms with Crippen molar-refractivity contribution < 1.29 is 14.3 Å². The fraction of sp³-hybridized carbons (Fsp3) is 0.500. The van der Waals surface area contributed by atoms with Crippen LogP contribution in [0.3, 0.4) is 0 Å². The Morgan fingerprint density at radius 2 is 2.35 bits per heavy atom. The first-order valence-electron chi connectivity index (χ1n) is 6.39. The van der Waals surface area contributed by atoms with E-state index in [4.69, 9.17) is 11.2 Å². The van der Waals surface area contributed by atoms with Gasteiger partial charge in [-0.2, -0.15) is 5.10 Å². The summed E-state index contributed by atoms with van der Waals surface area (Å²) in [6, 6.07) is -0.352. The minimum atomic E-state index is -0.407. The number of amides is 1. The average Bonchev–Trinajstić information content (AvgIpc) is 2.85. The van der Waals surface area contributed by atoms with E-state index >= 15 is 0 Å². The zero-order chi connectivity index (χ0) is 14.7. The lowest BCUT2D eigenvalue weighted by Crippen LogP contribution is -2.43. The number of hydrogen-bond donors (Lipinski definition) is 0. The van der Waals surface area contributed by atoms with Crippen molar-refractivity contribution >= 4 is 11.9 Å². The molecule has 1 aromatic rings. The van der Waals surface area contributed by atoms with Crippen molar-refractivity contribution in [2.24, 2.45) is 13.0 Å². The Bertz CT molecular complexity index is 558. The van der Waals surface area contributed by atoms with Gasteiger partial charge in [0.05, 0.1) is 18.2 Å². The highest BCUT2D eigenvalue weighted by Crippen LogP contribution is 2.36. The molecule has 106 valence electrons. The number of piperidine rings is 1. The molecule has 0 spiro atoms. The van der Waals surface area contributed by atoms with Crippen LogP contribution in [0.5, 0.6) is 0 Å². The molecule has 0 unspecified atom stereocenters. The number of ether oxygens (including phenoxy) is 1. The Balaban J connectivity index is 2.26. The third-order valence-corrected chi connectivity index (χ3v) is 3.53. The quantitative estimate of drug-likeness (QED) is 0.595. The van der Waals surface area contributed by atoms with Crippen LogP contribution in [0.2, 0.25) is 0 Å². The van der Waals surface area contributed by atoms with Crippen molar-refractivity contribution in [3.63, 3.8) is 0 Å². The van der Waals surface area contributed by atoms with Crippen molar-refractivity contribution in [1.29, 1.82) is 0 Å². The topological polar surface area (TPSA) is 64.4 Å². The van der Waals surface area contributed by atoms with Gasteiger partial charge in [0.15, 0.2) is 6.61 Å². The van der Waals surface area contributed by atoms with Crippen LogP contribution in [0.15, 0.2) is 12.4 Å². The molecule has 1 aliphatic heterocycles. The molecule has 1 amide bonds. The molecule has 2 rings (SSSR count). The number of carbonyl (C=O) groups excluding carboxylic acids is 2.